The van der Waals surface area contributed by atoms with Gasteiger partial charge in [0.25, 0.3) is 5.91 Å². The Hall–Kier alpha value is -3.65. The highest BCUT2D eigenvalue weighted by Crippen LogP contribution is 2.36. The highest BCUT2D eigenvalue weighted by Gasteiger charge is 2.40. The summed E-state index contributed by atoms with van der Waals surface area (Å²) in [6.45, 7) is 0.0827. The Morgan fingerprint density at radius 2 is 1.54 bits per heavy atom. The van der Waals surface area contributed by atoms with Gasteiger partial charge in [-0.1, -0.05) is 12.1 Å². The minimum Gasteiger partial charge on any atom is -0.352 e. The smallest absolute Gasteiger partial charge is 0.352 e. The van der Waals surface area contributed by atoms with Crippen molar-refractivity contribution in [1.82, 2.24) is 19.8 Å². The van der Waals surface area contributed by atoms with E-state index in [1.165, 1.54) is 36.4 Å². The Bertz CT molecular complexity index is 1380. The van der Waals surface area contributed by atoms with Crippen molar-refractivity contribution in [2.24, 2.45) is 0 Å². The van der Waals surface area contributed by atoms with Crippen LogP contribution in [0.15, 0.2) is 59.5 Å². The lowest BCUT2D eigenvalue weighted by atomic mass is 10.2. The highest BCUT2D eigenvalue weighted by atomic mass is 32.2. The van der Waals surface area contributed by atoms with Crippen molar-refractivity contribution >= 4 is 21.7 Å². The highest BCUT2D eigenvalue weighted by molar-refractivity contribution is 7.89. The molecule has 1 aliphatic heterocycles. The molecule has 8 nitrogen and oxygen atoms in total. The molecule has 196 valence electrons. The van der Waals surface area contributed by atoms with Gasteiger partial charge in [0.2, 0.25) is 10.0 Å². The molecule has 0 spiro atoms. The molecular weight excluding hydrogens is 521 g/mol. The average molecular weight is 542 g/mol. The Labute approximate surface area is 208 Å². The second-order valence-corrected chi connectivity index (χ2v) is 10.0. The Balaban J connectivity index is 1.38. The van der Waals surface area contributed by atoms with Crippen molar-refractivity contribution < 1.29 is 35.2 Å². The summed E-state index contributed by atoms with van der Waals surface area (Å²) in [4.78, 5) is 13.0. The summed E-state index contributed by atoms with van der Waals surface area (Å²) in [5.74, 6) is -1.73. The first-order valence-electron chi connectivity index (χ1n) is 10.9. The van der Waals surface area contributed by atoms with Crippen molar-refractivity contribution in [1.29, 1.82) is 0 Å². The molecule has 0 radical (unpaired) electrons. The van der Waals surface area contributed by atoms with Crippen LogP contribution < -0.4 is 10.2 Å². The first-order chi connectivity index (χ1) is 17.4. The van der Waals surface area contributed by atoms with Gasteiger partial charge in [0.05, 0.1) is 10.5 Å². The number of amides is 1. The van der Waals surface area contributed by atoms with E-state index in [9.17, 15) is 35.2 Å². The summed E-state index contributed by atoms with van der Waals surface area (Å²) in [6, 6.07) is 10.0. The molecule has 1 amide bonds. The lowest BCUT2D eigenvalue weighted by Crippen LogP contribution is -2.49. The normalized spacial score (nSPS) is 15.0. The van der Waals surface area contributed by atoms with Gasteiger partial charge in [-0.15, -0.1) is 10.2 Å². The van der Waals surface area contributed by atoms with E-state index in [1.54, 1.807) is 4.90 Å². The average Bonchev–Trinajstić information content (AvgIpc) is 2.87. The first-order valence-corrected chi connectivity index (χ1v) is 12.4. The molecule has 2 aromatic carbocycles. The van der Waals surface area contributed by atoms with E-state index in [-0.39, 0.29) is 44.5 Å². The fourth-order valence-corrected chi connectivity index (χ4v) is 5.35. The van der Waals surface area contributed by atoms with Crippen LogP contribution >= 0.6 is 0 Å². The van der Waals surface area contributed by atoms with Gasteiger partial charge in [0.1, 0.15) is 11.6 Å². The molecule has 0 bridgehead atoms. The number of hydrogen-bond donors (Lipinski definition) is 1. The van der Waals surface area contributed by atoms with Crippen molar-refractivity contribution in [3.63, 3.8) is 0 Å². The van der Waals surface area contributed by atoms with Crippen LogP contribution in [0.1, 0.15) is 21.6 Å². The van der Waals surface area contributed by atoms with Crippen LogP contribution in [0.25, 0.3) is 0 Å². The van der Waals surface area contributed by atoms with Gasteiger partial charge >= 0.3 is 6.18 Å². The SMILES string of the molecule is O=C(NCc1ccc(F)cc1)c1ccc(N2CCN(S(=O)(=O)c3ccc(F)cc3C(F)(F)F)CC2)nn1. The molecule has 1 saturated heterocycles. The number of aromatic nitrogens is 2. The lowest BCUT2D eigenvalue weighted by Gasteiger charge is -2.34. The van der Waals surface area contributed by atoms with Crippen molar-refractivity contribution in [2.75, 3.05) is 31.1 Å². The molecule has 4 rings (SSSR count). The van der Waals surface area contributed by atoms with Crippen LogP contribution in [0, 0.1) is 11.6 Å². The van der Waals surface area contributed by atoms with Crippen LogP contribution in [0.5, 0.6) is 0 Å². The molecule has 1 aliphatic rings. The molecule has 0 saturated carbocycles. The van der Waals surface area contributed by atoms with Crippen LogP contribution in [-0.2, 0) is 22.7 Å². The zero-order valence-corrected chi connectivity index (χ0v) is 19.9. The monoisotopic (exact) mass is 541 g/mol. The van der Waals surface area contributed by atoms with E-state index in [1.807, 2.05) is 0 Å². The van der Waals surface area contributed by atoms with Gasteiger partial charge in [-0.3, -0.25) is 4.79 Å². The topological polar surface area (TPSA) is 95.5 Å². The van der Waals surface area contributed by atoms with Crippen molar-refractivity contribution in [2.45, 2.75) is 17.6 Å². The third-order valence-corrected chi connectivity index (χ3v) is 7.63. The quantitative estimate of drug-likeness (QED) is 0.482. The summed E-state index contributed by atoms with van der Waals surface area (Å²) in [5, 5.41) is 10.5. The van der Waals surface area contributed by atoms with Crippen molar-refractivity contribution in [3.8, 4) is 0 Å². The summed E-state index contributed by atoms with van der Waals surface area (Å²) < 4.78 is 93.1. The Morgan fingerprint density at radius 3 is 2.14 bits per heavy atom. The van der Waals surface area contributed by atoms with Crippen LogP contribution in [-0.4, -0.2) is 55.0 Å². The first kappa shape index (κ1) is 26.4. The standard InChI is InChI=1S/C23H20F5N5O3S/c24-16-3-1-15(2-4-16)14-29-22(34)19-6-8-21(31-30-19)32-9-11-33(12-10-32)37(35,36)20-7-5-17(25)13-18(20)23(26,27)28/h1-8,13H,9-12,14H2,(H,29,34). The Kier molecular flexibility index (Phi) is 7.41. The molecule has 1 aromatic heterocycles. The summed E-state index contributed by atoms with van der Waals surface area (Å²) >= 11 is 0. The molecule has 1 N–H and O–H groups in total. The second kappa shape index (κ2) is 10.4. The van der Waals surface area contributed by atoms with E-state index >= 15 is 0 Å². The number of alkyl halides is 3. The fourth-order valence-electron chi connectivity index (χ4n) is 3.74. The maximum absolute atomic E-state index is 13.4. The molecule has 37 heavy (non-hydrogen) atoms. The number of anilines is 1. The number of halogens is 5. The number of carbonyl (C=O) groups excluding carboxylic acids is 1. The number of nitrogens with zero attached hydrogens (tertiary/aromatic N) is 4. The van der Waals surface area contributed by atoms with Gasteiger partial charge < -0.3 is 10.2 Å². The maximum atomic E-state index is 13.4. The van der Waals surface area contributed by atoms with E-state index in [0.717, 1.165) is 4.31 Å². The molecule has 0 unspecified atom stereocenters. The van der Waals surface area contributed by atoms with Gasteiger partial charge in [-0.2, -0.15) is 17.5 Å². The number of benzene rings is 2. The zero-order valence-electron chi connectivity index (χ0n) is 19.0. The number of sulfonamides is 1. The largest absolute Gasteiger partial charge is 0.417 e. The van der Waals surface area contributed by atoms with Gasteiger partial charge in [-0.05, 0) is 48.0 Å². The molecule has 1 fully saturated rings. The van der Waals surface area contributed by atoms with Gasteiger partial charge in [0.15, 0.2) is 11.5 Å². The minimum atomic E-state index is -5.05. The lowest BCUT2D eigenvalue weighted by molar-refractivity contribution is -0.140. The third-order valence-electron chi connectivity index (χ3n) is 5.68. The fraction of sp³-hybridized carbons (Fsp3) is 0.261. The summed E-state index contributed by atoms with van der Waals surface area (Å²) in [7, 11) is -4.54. The van der Waals surface area contributed by atoms with E-state index in [2.05, 4.69) is 15.5 Å². The third kappa shape index (κ3) is 6.02. The summed E-state index contributed by atoms with van der Waals surface area (Å²) in [5.41, 5.74) is -0.840. The second-order valence-electron chi connectivity index (χ2n) is 8.12. The number of piperazine rings is 1. The van der Waals surface area contributed by atoms with Gasteiger partial charge in [0, 0.05) is 32.7 Å². The van der Waals surface area contributed by atoms with E-state index in [0.29, 0.717) is 23.5 Å². The predicted octanol–water partition coefficient (Wildman–Crippen LogP) is 3.21. The predicted molar refractivity (Wildman–Crippen MR) is 122 cm³/mol. The summed E-state index contributed by atoms with van der Waals surface area (Å²) in [6.07, 6.45) is -5.05. The molecule has 14 heteroatoms. The number of nitrogens with one attached hydrogen (secondary N) is 1. The van der Waals surface area contributed by atoms with Crippen LogP contribution in [0.2, 0.25) is 0 Å². The van der Waals surface area contributed by atoms with Crippen molar-refractivity contribution in [3.05, 3.63) is 83.1 Å². The molecular formula is C23H20F5N5O3S. The Morgan fingerprint density at radius 1 is 0.892 bits per heavy atom. The zero-order chi connectivity index (χ0) is 26.8. The van der Waals surface area contributed by atoms with E-state index < -0.39 is 44.2 Å². The molecule has 2 heterocycles. The molecule has 0 atom stereocenters. The maximum Gasteiger partial charge on any atom is 0.417 e. The minimum absolute atomic E-state index is 0.0306. The molecule has 0 aliphatic carbocycles. The van der Waals surface area contributed by atoms with Crippen LogP contribution in [0.3, 0.4) is 0 Å². The van der Waals surface area contributed by atoms with E-state index in [4.69, 9.17) is 0 Å². The number of rotatable bonds is 6. The molecule has 3 aromatic rings. The van der Waals surface area contributed by atoms with Crippen LogP contribution in [0.4, 0.5) is 27.8 Å². The number of carbonyl (C=O) groups is 1. The number of hydrogen-bond acceptors (Lipinski definition) is 6. The van der Waals surface area contributed by atoms with Gasteiger partial charge in [-0.25, -0.2) is 17.2 Å².